The third-order valence-corrected chi connectivity index (χ3v) is 5.98. The number of carbonyl (C=O) groups is 1. The number of aliphatic hydroxyl groups excluding tert-OH is 1. The number of anilines is 1. The number of aliphatic hydroxyl groups is 1. The summed E-state index contributed by atoms with van der Waals surface area (Å²) in [6.07, 6.45) is 1.87. The first-order valence-electron chi connectivity index (χ1n) is 12.5. The maximum atomic E-state index is 12.8. The Hall–Kier alpha value is -3.62. The van der Waals surface area contributed by atoms with Gasteiger partial charge < -0.3 is 24.8 Å². The van der Waals surface area contributed by atoms with Crippen LogP contribution >= 0.6 is 0 Å². The number of carbonyl (C=O) groups excluding carboxylic acids is 1. The van der Waals surface area contributed by atoms with Gasteiger partial charge in [-0.15, -0.1) is 0 Å². The van der Waals surface area contributed by atoms with Crippen molar-refractivity contribution in [3.63, 3.8) is 0 Å². The van der Waals surface area contributed by atoms with Gasteiger partial charge in [-0.25, -0.2) is 4.98 Å². The summed E-state index contributed by atoms with van der Waals surface area (Å²) in [6.45, 7) is 6.78. The summed E-state index contributed by atoms with van der Waals surface area (Å²) in [4.78, 5) is 21.5. The topological polar surface area (TPSA) is 87.2 Å². The highest BCUT2D eigenvalue weighted by Crippen LogP contribution is 2.29. The normalized spacial score (nSPS) is 14.8. The van der Waals surface area contributed by atoms with E-state index in [1.165, 1.54) is 0 Å². The zero-order chi connectivity index (χ0) is 25.2. The van der Waals surface area contributed by atoms with E-state index in [0.717, 1.165) is 44.0 Å². The zero-order valence-electron chi connectivity index (χ0n) is 20.7. The number of hydrogen-bond acceptors (Lipinski definition) is 7. The number of rotatable bonds is 11. The van der Waals surface area contributed by atoms with E-state index >= 15 is 0 Å². The predicted molar refractivity (Wildman–Crippen MR) is 140 cm³/mol. The van der Waals surface area contributed by atoms with Crippen molar-refractivity contribution in [1.82, 2.24) is 15.2 Å². The van der Waals surface area contributed by atoms with Crippen LogP contribution in [0.1, 0.15) is 23.7 Å². The highest BCUT2D eigenvalue weighted by atomic mass is 16.5. The summed E-state index contributed by atoms with van der Waals surface area (Å²) < 4.78 is 11.7. The van der Waals surface area contributed by atoms with E-state index in [4.69, 9.17) is 9.47 Å². The van der Waals surface area contributed by atoms with Gasteiger partial charge in [-0.1, -0.05) is 37.3 Å². The minimum Gasteiger partial charge on any atom is -0.491 e. The van der Waals surface area contributed by atoms with Crippen LogP contribution < -0.4 is 19.7 Å². The van der Waals surface area contributed by atoms with Crippen molar-refractivity contribution in [2.75, 3.05) is 50.8 Å². The number of hydrogen-bond donors (Lipinski definition) is 2. The number of nitrogens with one attached hydrogen (secondary N) is 1. The average Bonchev–Trinajstić information content (AvgIpc) is 2.92. The van der Waals surface area contributed by atoms with Crippen LogP contribution in [0.15, 0.2) is 72.9 Å². The van der Waals surface area contributed by atoms with Gasteiger partial charge in [-0.05, 0) is 42.8 Å². The molecule has 0 aliphatic carbocycles. The van der Waals surface area contributed by atoms with Gasteiger partial charge in [0.25, 0.3) is 5.91 Å². The molecule has 2 aromatic carbocycles. The fraction of sp³-hybridized carbons (Fsp3) is 0.357. The summed E-state index contributed by atoms with van der Waals surface area (Å²) in [6, 6.07) is 20.7. The van der Waals surface area contributed by atoms with Gasteiger partial charge in [-0.2, -0.15) is 0 Å². The van der Waals surface area contributed by atoms with Gasteiger partial charge in [0.2, 0.25) is 5.88 Å². The molecule has 3 aromatic rings. The third-order valence-electron chi connectivity index (χ3n) is 5.98. The van der Waals surface area contributed by atoms with Crippen LogP contribution in [0.25, 0.3) is 0 Å². The molecule has 1 unspecified atom stereocenters. The molecule has 8 heteroatoms. The van der Waals surface area contributed by atoms with Crippen LogP contribution in [-0.4, -0.2) is 72.9 Å². The van der Waals surface area contributed by atoms with Gasteiger partial charge in [0.05, 0.1) is 18.4 Å². The van der Waals surface area contributed by atoms with Crippen molar-refractivity contribution in [3.8, 4) is 17.4 Å². The molecule has 36 heavy (non-hydrogen) atoms. The Morgan fingerprint density at radius 2 is 1.78 bits per heavy atom. The number of nitrogens with zero attached hydrogens (tertiary/aromatic N) is 3. The number of β-amino-alcohol motifs (C(OH)–C–C–N with tert-alkyl or cyclic N) is 1. The Bertz CT molecular complexity index is 1100. The molecule has 1 fully saturated rings. The lowest BCUT2D eigenvalue weighted by Gasteiger charge is -2.37. The molecule has 2 N–H and O–H groups in total. The van der Waals surface area contributed by atoms with Crippen molar-refractivity contribution in [2.24, 2.45) is 0 Å². The molecular weight excluding hydrogens is 456 g/mol. The lowest BCUT2D eigenvalue weighted by atomic mass is 10.2. The third kappa shape index (κ3) is 6.96. The Labute approximate surface area is 212 Å². The summed E-state index contributed by atoms with van der Waals surface area (Å²) in [5.41, 5.74) is 1.44. The van der Waals surface area contributed by atoms with Gasteiger partial charge >= 0.3 is 0 Å². The Balaban J connectivity index is 1.25. The van der Waals surface area contributed by atoms with Crippen LogP contribution in [0.4, 0.5) is 5.69 Å². The molecule has 1 atom stereocenters. The van der Waals surface area contributed by atoms with E-state index in [2.05, 4.69) is 33.1 Å². The first-order chi connectivity index (χ1) is 17.6. The van der Waals surface area contributed by atoms with Crippen molar-refractivity contribution in [2.45, 2.75) is 19.4 Å². The molecule has 0 spiro atoms. The Kier molecular flexibility index (Phi) is 9.13. The van der Waals surface area contributed by atoms with E-state index in [1.54, 1.807) is 30.5 Å². The molecular formula is C28H34N4O4. The molecule has 0 radical (unpaired) electrons. The molecule has 4 rings (SSSR count). The highest BCUT2D eigenvalue weighted by molar-refractivity contribution is 5.96. The predicted octanol–water partition coefficient (Wildman–Crippen LogP) is 3.58. The molecule has 190 valence electrons. The van der Waals surface area contributed by atoms with Crippen LogP contribution in [0.2, 0.25) is 0 Å². The van der Waals surface area contributed by atoms with Crippen LogP contribution in [-0.2, 0) is 0 Å². The van der Waals surface area contributed by atoms with Crippen LogP contribution in [0, 0.1) is 0 Å². The largest absolute Gasteiger partial charge is 0.491 e. The second-order valence-electron chi connectivity index (χ2n) is 8.74. The maximum Gasteiger partial charge on any atom is 0.256 e. The van der Waals surface area contributed by atoms with Gasteiger partial charge in [0.1, 0.15) is 17.1 Å². The second-order valence-corrected chi connectivity index (χ2v) is 8.74. The number of para-hydroxylation sites is 3. The van der Waals surface area contributed by atoms with E-state index in [0.29, 0.717) is 24.5 Å². The summed E-state index contributed by atoms with van der Waals surface area (Å²) in [7, 11) is 0. The van der Waals surface area contributed by atoms with E-state index in [1.807, 2.05) is 36.4 Å². The fourth-order valence-electron chi connectivity index (χ4n) is 4.14. The van der Waals surface area contributed by atoms with Crippen molar-refractivity contribution < 1.29 is 19.4 Å². The average molecular weight is 491 g/mol. The molecule has 2 heterocycles. The number of pyridine rings is 1. The first kappa shape index (κ1) is 25.5. The number of ether oxygens (including phenoxy) is 2. The summed E-state index contributed by atoms with van der Waals surface area (Å²) in [5, 5.41) is 13.4. The summed E-state index contributed by atoms with van der Waals surface area (Å²) in [5.74, 6) is 1.42. The van der Waals surface area contributed by atoms with E-state index in [-0.39, 0.29) is 18.3 Å². The first-order valence-corrected chi connectivity index (χ1v) is 12.5. The number of piperazine rings is 1. The fourth-order valence-corrected chi connectivity index (χ4v) is 4.14. The number of aromatic nitrogens is 1. The van der Waals surface area contributed by atoms with Crippen molar-refractivity contribution in [3.05, 3.63) is 78.5 Å². The van der Waals surface area contributed by atoms with Crippen LogP contribution in [0.3, 0.4) is 0 Å². The molecule has 1 amide bonds. The standard InChI is InChI=1S/C28H34N4O4/c1-2-19-35-26-13-7-6-12-25(26)32-17-15-31(16-18-32)21-22(33)20-30-27(34)24-11-8-14-29-28(24)36-23-9-4-3-5-10-23/h3-14,22,33H,2,15-21H2,1H3,(H,30,34). The number of amides is 1. The van der Waals surface area contributed by atoms with E-state index < -0.39 is 6.10 Å². The van der Waals surface area contributed by atoms with Crippen molar-refractivity contribution >= 4 is 11.6 Å². The number of benzene rings is 2. The maximum absolute atomic E-state index is 12.8. The van der Waals surface area contributed by atoms with Crippen molar-refractivity contribution in [1.29, 1.82) is 0 Å². The highest BCUT2D eigenvalue weighted by Gasteiger charge is 2.22. The Morgan fingerprint density at radius 3 is 2.56 bits per heavy atom. The van der Waals surface area contributed by atoms with Gasteiger partial charge in [0.15, 0.2) is 0 Å². The lowest BCUT2D eigenvalue weighted by Crippen LogP contribution is -2.50. The molecule has 0 saturated carbocycles. The smallest absolute Gasteiger partial charge is 0.256 e. The minimum absolute atomic E-state index is 0.145. The van der Waals surface area contributed by atoms with Crippen LogP contribution in [0.5, 0.6) is 17.4 Å². The Morgan fingerprint density at radius 1 is 1.03 bits per heavy atom. The molecule has 1 aliphatic rings. The van der Waals surface area contributed by atoms with Gasteiger partial charge in [-0.3, -0.25) is 9.69 Å². The van der Waals surface area contributed by atoms with E-state index in [9.17, 15) is 9.90 Å². The zero-order valence-corrected chi connectivity index (χ0v) is 20.7. The molecule has 1 aliphatic heterocycles. The molecule has 8 nitrogen and oxygen atoms in total. The molecule has 1 aromatic heterocycles. The SMILES string of the molecule is CCCOc1ccccc1N1CCN(CC(O)CNC(=O)c2cccnc2Oc2ccccc2)CC1. The minimum atomic E-state index is -0.684. The quantitative estimate of drug-likeness (QED) is 0.425. The second kappa shape index (κ2) is 12.9. The monoisotopic (exact) mass is 490 g/mol. The van der Waals surface area contributed by atoms with Gasteiger partial charge in [0, 0.05) is 45.5 Å². The molecule has 0 bridgehead atoms. The lowest BCUT2D eigenvalue weighted by molar-refractivity contribution is 0.0849. The molecule has 1 saturated heterocycles. The summed E-state index contributed by atoms with van der Waals surface area (Å²) >= 11 is 0.